The minimum absolute atomic E-state index is 0.171. The lowest BCUT2D eigenvalue weighted by Crippen LogP contribution is -2.51. The Morgan fingerprint density at radius 1 is 1.32 bits per heavy atom. The number of nitrogens with one attached hydrogen (secondary N) is 1. The van der Waals surface area contributed by atoms with Crippen LogP contribution in [0.15, 0.2) is 24.1 Å². The van der Waals surface area contributed by atoms with Gasteiger partial charge >= 0.3 is 6.09 Å². The van der Waals surface area contributed by atoms with Crippen LogP contribution < -0.4 is 5.32 Å². The molecule has 0 aliphatic carbocycles. The Labute approximate surface area is 151 Å². The van der Waals surface area contributed by atoms with Gasteiger partial charge in [-0.25, -0.2) is 4.79 Å². The predicted molar refractivity (Wildman–Crippen MR) is 97.8 cm³/mol. The molecule has 1 aliphatic rings. The molecule has 1 heterocycles. The van der Waals surface area contributed by atoms with Crippen molar-refractivity contribution in [3.63, 3.8) is 0 Å². The fraction of sp³-hybridized carbons (Fsp3) is 0.684. The Hall–Kier alpha value is -1.98. The van der Waals surface area contributed by atoms with E-state index >= 15 is 0 Å². The molecule has 1 N–H and O–H groups in total. The maximum absolute atomic E-state index is 13.1. The Bertz CT molecular complexity index is 534. The zero-order chi connectivity index (χ0) is 19.2. The second kappa shape index (κ2) is 8.92. The summed E-state index contributed by atoms with van der Waals surface area (Å²) in [5, 5.41) is 2.71. The lowest BCUT2D eigenvalue weighted by molar-refractivity contribution is -0.133. The molecule has 0 bridgehead atoms. The van der Waals surface area contributed by atoms with Crippen LogP contribution in [0, 0.1) is 0 Å². The molecule has 1 rings (SSSR count). The van der Waals surface area contributed by atoms with E-state index in [4.69, 9.17) is 9.47 Å². The van der Waals surface area contributed by atoms with Gasteiger partial charge in [-0.15, -0.1) is 0 Å². The van der Waals surface area contributed by atoms with Gasteiger partial charge < -0.3 is 19.7 Å². The summed E-state index contributed by atoms with van der Waals surface area (Å²) >= 11 is 0. The minimum Gasteiger partial charge on any atom is -0.499 e. The maximum Gasteiger partial charge on any atom is 0.408 e. The molecule has 0 saturated heterocycles. The highest BCUT2D eigenvalue weighted by Crippen LogP contribution is 2.30. The van der Waals surface area contributed by atoms with Gasteiger partial charge in [-0.05, 0) is 33.6 Å². The number of carbonyl (C=O) groups excluding carboxylic acids is 2. The van der Waals surface area contributed by atoms with Crippen LogP contribution in [0.4, 0.5) is 4.79 Å². The van der Waals surface area contributed by atoms with Crippen molar-refractivity contribution in [2.75, 3.05) is 7.11 Å². The van der Waals surface area contributed by atoms with Crippen molar-refractivity contribution in [3.8, 4) is 0 Å². The lowest BCUT2D eigenvalue weighted by Gasteiger charge is -2.31. The number of allylic oxidation sites excluding steroid dienone is 1. The number of rotatable bonds is 7. The molecular weight excluding hydrogens is 320 g/mol. The highest BCUT2D eigenvalue weighted by molar-refractivity contribution is 5.88. The van der Waals surface area contributed by atoms with E-state index in [1.807, 2.05) is 6.92 Å². The van der Waals surface area contributed by atoms with E-state index < -0.39 is 17.7 Å². The first-order chi connectivity index (χ1) is 11.6. The van der Waals surface area contributed by atoms with Crippen LogP contribution in [0.2, 0.25) is 0 Å². The summed E-state index contributed by atoms with van der Waals surface area (Å²) in [6, 6.07) is -0.824. The summed E-state index contributed by atoms with van der Waals surface area (Å²) < 4.78 is 10.7. The van der Waals surface area contributed by atoms with Gasteiger partial charge in [0.15, 0.2) is 0 Å². The average molecular weight is 352 g/mol. The first kappa shape index (κ1) is 21.1. The highest BCUT2D eigenvalue weighted by atomic mass is 16.6. The smallest absolute Gasteiger partial charge is 0.408 e. The number of ether oxygens (including phenoxy) is 2. The van der Waals surface area contributed by atoms with Crippen molar-refractivity contribution in [1.29, 1.82) is 0 Å². The lowest BCUT2D eigenvalue weighted by atomic mass is 10.1. The summed E-state index contributed by atoms with van der Waals surface area (Å²) in [6.07, 6.45) is 4.17. The summed E-state index contributed by atoms with van der Waals surface area (Å²) in [6.45, 7) is 13.4. The zero-order valence-electron chi connectivity index (χ0n) is 16.3. The standard InChI is InChI=1S/C19H32N2O4/c1-8-10-14(20-18(23)25-19(4,5)6)17(22)21-13(3)12-16(24-7)15(21)11-9-2/h12,14-15H,3,8-11H2,1-2,4-7H3,(H,20,23)/t14-,15-/m1/s1. The van der Waals surface area contributed by atoms with Crippen LogP contribution in [-0.4, -0.2) is 41.7 Å². The first-order valence-corrected chi connectivity index (χ1v) is 8.91. The summed E-state index contributed by atoms with van der Waals surface area (Å²) in [5.41, 5.74) is -0.0242. The van der Waals surface area contributed by atoms with Gasteiger partial charge in [0.25, 0.3) is 0 Å². The van der Waals surface area contributed by atoms with Crippen molar-refractivity contribution < 1.29 is 19.1 Å². The molecule has 1 aliphatic heterocycles. The molecule has 0 aromatic rings. The fourth-order valence-electron chi connectivity index (χ4n) is 2.86. The monoisotopic (exact) mass is 352 g/mol. The SMILES string of the molecule is C=C1C=C(OC)[C@@H](CCC)N1C(=O)[C@@H](CCC)NC(=O)OC(C)(C)C. The van der Waals surface area contributed by atoms with E-state index in [9.17, 15) is 9.59 Å². The third-order valence-electron chi connectivity index (χ3n) is 3.86. The highest BCUT2D eigenvalue weighted by Gasteiger charge is 2.38. The van der Waals surface area contributed by atoms with Crippen LogP contribution in [-0.2, 0) is 14.3 Å². The summed E-state index contributed by atoms with van der Waals surface area (Å²) in [7, 11) is 1.60. The molecule has 6 nitrogen and oxygen atoms in total. The number of nitrogens with zero attached hydrogens (tertiary/aromatic N) is 1. The molecule has 0 saturated carbocycles. The van der Waals surface area contributed by atoms with Gasteiger partial charge in [-0.1, -0.05) is 33.3 Å². The van der Waals surface area contributed by atoms with Crippen molar-refractivity contribution in [2.24, 2.45) is 0 Å². The zero-order valence-corrected chi connectivity index (χ0v) is 16.3. The molecule has 2 amide bonds. The number of hydrogen-bond donors (Lipinski definition) is 1. The Balaban J connectivity index is 2.94. The molecule has 0 spiro atoms. The average Bonchev–Trinajstić information content (AvgIpc) is 2.80. The third-order valence-corrected chi connectivity index (χ3v) is 3.86. The number of carbonyl (C=O) groups is 2. The summed E-state index contributed by atoms with van der Waals surface area (Å²) in [5.74, 6) is 0.548. The van der Waals surface area contributed by atoms with E-state index in [1.165, 1.54) is 0 Å². The van der Waals surface area contributed by atoms with Crippen molar-refractivity contribution in [3.05, 3.63) is 24.1 Å². The predicted octanol–water partition coefficient (Wildman–Crippen LogP) is 3.73. The fourth-order valence-corrected chi connectivity index (χ4v) is 2.86. The Morgan fingerprint density at radius 2 is 1.96 bits per heavy atom. The molecule has 6 heteroatoms. The maximum atomic E-state index is 13.1. The second-order valence-corrected chi connectivity index (χ2v) is 7.24. The van der Waals surface area contributed by atoms with Crippen LogP contribution in [0.3, 0.4) is 0 Å². The topological polar surface area (TPSA) is 67.9 Å². The largest absolute Gasteiger partial charge is 0.499 e. The van der Waals surface area contributed by atoms with Crippen LogP contribution in [0.25, 0.3) is 0 Å². The normalized spacial score (nSPS) is 18.6. The molecule has 0 aromatic heterocycles. The number of amides is 2. The first-order valence-electron chi connectivity index (χ1n) is 8.91. The summed E-state index contributed by atoms with van der Waals surface area (Å²) in [4.78, 5) is 26.8. The van der Waals surface area contributed by atoms with E-state index in [-0.39, 0.29) is 11.9 Å². The van der Waals surface area contributed by atoms with Gasteiger partial charge in [0, 0.05) is 11.8 Å². The van der Waals surface area contributed by atoms with Crippen molar-refractivity contribution in [1.82, 2.24) is 10.2 Å². The van der Waals surface area contributed by atoms with Gasteiger partial charge in [0.1, 0.15) is 17.4 Å². The van der Waals surface area contributed by atoms with Gasteiger partial charge in [0.2, 0.25) is 5.91 Å². The van der Waals surface area contributed by atoms with Gasteiger partial charge in [-0.2, -0.15) is 0 Å². The third kappa shape index (κ3) is 5.80. The van der Waals surface area contributed by atoms with E-state index in [1.54, 1.807) is 38.9 Å². The molecule has 2 atom stereocenters. The Kier molecular flexibility index (Phi) is 7.52. The quantitative estimate of drug-likeness (QED) is 0.758. The van der Waals surface area contributed by atoms with Crippen molar-refractivity contribution in [2.45, 2.75) is 78.0 Å². The molecule has 142 valence electrons. The van der Waals surface area contributed by atoms with Crippen LogP contribution >= 0.6 is 0 Å². The molecule has 25 heavy (non-hydrogen) atoms. The van der Waals surface area contributed by atoms with E-state index in [2.05, 4.69) is 18.8 Å². The van der Waals surface area contributed by atoms with E-state index in [0.717, 1.165) is 25.0 Å². The number of methoxy groups -OCH3 is 1. The molecule has 0 radical (unpaired) electrons. The molecule has 0 aromatic carbocycles. The van der Waals surface area contributed by atoms with Gasteiger partial charge in [0.05, 0.1) is 13.2 Å². The number of alkyl carbamates (subject to hydrolysis) is 1. The Morgan fingerprint density at radius 3 is 2.44 bits per heavy atom. The van der Waals surface area contributed by atoms with E-state index in [0.29, 0.717) is 12.1 Å². The number of hydrogen-bond acceptors (Lipinski definition) is 4. The molecule has 0 fully saturated rings. The molecular formula is C19H32N2O4. The van der Waals surface area contributed by atoms with Crippen LogP contribution in [0.5, 0.6) is 0 Å². The second-order valence-electron chi connectivity index (χ2n) is 7.24. The van der Waals surface area contributed by atoms with Crippen molar-refractivity contribution >= 4 is 12.0 Å². The minimum atomic E-state index is -0.652. The molecule has 0 unspecified atom stereocenters. The van der Waals surface area contributed by atoms with Gasteiger partial charge in [-0.3, -0.25) is 4.79 Å². The van der Waals surface area contributed by atoms with Crippen LogP contribution in [0.1, 0.15) is 60.3 Å².